The van der Waals surface area contributed by atoms with E-state index in [0.717, 1.165) is 12.0 Å². The van der Waals surface area contributed by atoms with Crippen LogP contribution in [0.1, 0.15) is 32.8 Å². The van der Waals surface area contributed by atoms with E-state index >= 15 is 0 Å². The Morgan fingerprint density at radius 3 is 2.71 bits per heavy atom. The van der Waals surface area contributed by atoms with Crippen molar-refractivity contribution < 1.29 is 14.3 Å². The molecule has 1 atom stereocenters. The molecule has 0 heterocycles. The highest BCUT2D eigenvalue weighted by atomic mass is 16.5. The fourth-order valence-electron chi connectivity index (χ4n) is 1.90. The number of nitrogens with two attached hydrogens (primary N) is 1. The van der Waals surface area contributed by atoms with E-state index in [-0.39, 0.29) is 18.6 Å². The highest BCUT2D eigenvalue weighted by Gasteiger charge is 2.13. The van der Waals surface area contributed by atoms with Gasteiger partial charge in [-0.05, 0) is 44.9 Å². The predicted molar refractivity (Wildman–Crippen MR) is 83.8 cm³/mol. The summed E-state index contributed by atoms with van der Waals surface area (Å²) in [6.45, 7) is 6.94. The summed E-state index contributed by atoms with van der Waals surface area (Å²) in [4.78, 5) is 11.8. The molecule has 1 rings (SSSR count). The van der Waals surface area contributed by atoms with Crippen molar-refractivity contribution in [2.45, 2.75) is 39.7 Å². The lowest BCUT2D eigenvalue weighted by atomic mass is 10.1. The number of para-hydroxylation sites is 1. The molecule has 0 radical (unpaired) electrons. The fraction of sp³-hybridized carbons (Fsp3) is 0.562. The topological polar surface area (TPSA) is 73.6 Å². The van der Waals surface area contributed by atoms with Gasteiger partial charge in [-0.3, -0.25) is 4.79 Å². The first-order chi connectivity index (χ1) is 10.1. The van der Waals surface area contributed by atoms with Gasteiger partial charge in [0.25, 0.3) is 5.91 Å². The standard InChI is InChI=1S/C16H26N2O3/c1-4-12(3)18-15(19)11-21-16-13(9-10-17)7-6-8-14(16)20-5-2/h6-8,12H,4-5,9-11,17H2,1-3H3,(H,18,19). The average Bonchev–Trinajstić information content (AvgIpc) is 2.47. The monoisotopic (exact) mass is 294 g/mol. The van der Waals surface area contributed by atoms with Gasteiger partial charge in [0.2, 0.25) is 0 Å². The van der Waals surface area contributed by atoms with Crippen molar-refractivity contribution in [3.63, 3.8) is 0 Å². The van der Waals surface area contributed by atoms with E-state index in [4.69, 9.17) is 15.2 Å². The van der Waals surface area contributed by atoms with Gasteiger partial charge in [-0.15, -0.1) is 0 Å². The molecule has 1 aromatic carbocycles. The minimum Gasteiger partial charge on any atom is -0.490 e. The van der Waals surface area contributed by atoms with Crippen molar-refractivity contribution in [3.8, 4) is 11.5 Å². The van der Waals surface area contributed by atoms with Crippen molar-refractivity contribution in [2.75, 3.05) is 19.8 Å². The lowest BCUT2D eigenvalue weighted by Gasteiger charge is -2.16. The number of carbonyl (C=O) groups excluding carboxylic acids is 1. The summed E-state index contributed by atoms with van der Waals surface area (Å²) < 4.78 is 11.2. The molecule has 0 saturated heterocycles. The van der Waals surface area contributed by atoms with Gasteiger partial charge in [0.05, 0.1) is 6.61 Å². The summed E-state index contributed by atoms with van der Waals surface area (Å²) >= 11 is 0. The number of rotatable bonds is 9. The van der Waals surface area contributed by atoms with Crippen LogP contribution in [0.3, 0.4) is 0 Å². The number of nitrogens with one attached hydrogen (secondary N) is 1. The van der Waals surface area contributed by atoms with Crippen molar-refractivity contribution in [2.24, 2.45) is 5.73 Å². The second kappa shape index (κ2) is 9.23. The molecule has 0 saturated carbocycles. The van der Waals surface area contributed by atoms with Crippen LogP contribution in [0.15, 0.2) is 18.2 Å². The van der Waals surface area contributed by atoms with E-state index in [0.29, 0.717) is 31.1 Å². The fourth-order valence-corrected chi connectivity index (χ4v) is 1.90. The molecule has 0 spiro atoms. The third-order valence-electron chi connectivity index (χ3n) is 3.14. The Labute approximate surface area is 126 Å². The van der Waals surface area contributed by atoms with Gasteiger partial charge in [-0.2, -0.15) is 0 Å². The van der Waals surface area contributed by atoms with E-state index in [1.807, 2.05) is 39.0 Å². The minimum atomic E-state index is -0.130. The molecule has 3 N–H and O–H groups in total. The molecule has 1 unspecified atom stereocenters. The molecular weight excluding hydrogens is 268 g/mol. The van der Waals surface area contributed by atoms with Crippen LogP contribution >= 0.6 is 0 Å². The first-order valence-electron chi connectivity index (χ1n) is 7.49. The normalized spacial score (nSPS) is 11.8. The highest BCUT2D eigenvalue weighted by molar-refractivity contribution is 5.78. The van der Waals surface area contributed by atoms with Crippen LogP contribution in [0.25, 0.3) is 0 Å². The van der Waals surface area contributed by atoms with Crippen LogP contribution in [0, 0.1) is 0 Å². The van der Waals surface area contributed by atoms with Crippen LogP contribution in [0.5, 0.6) is 11.5 Å². The van der Waals surface area contributed by atoms with Crippen molar-refractivity contribution in [1.29, 1.82) is 0 Å². The zero-order valence-electron chi connectivity index (χ0n) is 13.1. The van der Waals surface area contributed by atoms with Crippen molar-refractivity contribution in [3.05, 3.63) is 23.8 Å². The summed E-state index contributed by atoms with van der Waals surface area (Å²) in [5, 5.41) is 2.87. The Kier molecular flexibility index (Phi) is 7.61. The van der Waals surface area contributed by atoms with Gasteiger partial charge in [-0.1, -0.05) is 19.1 Å². The molecule has 0 aromatic heterocycles. The van der Waals surface area contributed by atoms with Gasteiger partial charge in [0, 0.05) is 6.04 Å². The number of carbonyl (C=O) groups is 1. The van der Waals surface area contributed by atoms with Crippen LogP contribution in [-0.2, 0) is 11.2 Å². The Morgan fingerprint density at radius 2 is 2.10 bits per heavy atom. The largest absolute Gasteiger partial charge is 0.490 e. The van der Waals surface area contributed by atoms with E-state index in [1.165, 1.54) is 0 Å². The molecule has 0 bridgehead atoms. The van der Waals surface area contributed by atoms with Crippen molar-refractivity contribution in [1.82, 2.24) is 5.32 Å². The molecular formula is C16H26N2O3. The Hall–Kier alpha value is -1.75. The third kappa shape index (κ3) is 5.63. The van der Waals surface area contributed by atoms with Gasteiger partial charge in [0.15, 0.2) is 18.1 Å². The first-order valence-corrected chi connectivity index (χ1v) is 7.49. The summed E-state index contributed by atoms with van der Waals surface area (Å²) in [5.74, 6) is 1.14. The first kappa shape index (κ1) is 17.3. The smallest absolute Gasteiger partial charge is 0.258 e. The van der Waals surface area contributed by atoms with Crippen molar-refractivity contribution >= 4 is 5.91 Å². The van der Waals surface area contributed by atoms with Crippen LogP contribution in [0.2, 0.25) is 0 Å². The van der Waals surface area contributed by atoms with Crippen LogP contribution < -0.4 is 20.5 Å². The van der Waals surface area contributed by atoms with Crippen LogP contribution in [-0.4, -0.2) is 31.7 Å². The van der Waals surface area contributed by atoms with E-state index in [1.54, 1.807) is 0 Å². The molecule has 1 aromatic rings. The lowest BCUT2D eigenvalue weighted by Crippen LogP contribution is -2.35. The molecule has 118 valence electrons. The number of amides is 1. The SMILES string of the molecule is CCOc1cccc(CCN)c1OCC(=O)NC(C)CC. The predicted octanol–water partition coefficient (Wildman–Crippen LogP) is 1.88. The van der Waals surface area contributed by atoms with Gasteiger partial charge < -0.3 is 20.5 Å². The van der Waals surface area contributed by atoms with E-state index in [2.05, 4.69) is 5.32 Å². The second-order valence-corrected chi connectivity index (χ2v) is 4.88. The maximum atomic E-state index is 11.8. The quantitative estimate of drug-likeness (QED) is 0.729. The Balaban J connectivity index is 2.77. The Morgan fingerprint density at radius 1 is 1.33 bits per heavy atom. The maximum Gasteiger partial charge on any atom is 0.258 e. The molecule has 0 fully saturated rings. The van der Waals surface area contributed by atoms with E-state index < -0.39 is 0 Å². The molecule has 1 amide bonds. The van der Waals surface area contributed by atoms with Gasteiger partial charge >= 0.3 is 0 Å². The molecule has 5 heteroatoms. The molecule has 0 aliphatic rings. The number of ether oxygens (including phenoxy) is 2. The van der Waals surface area contributed by atoms with Gasteiger partial charge in [-0.25, -0.2) is 0 Å². The van der Waals surface area contributed by atoms with Gasteiger partial charge in [0.1, 0.15) is 0 Å². The summed E-state index contributed by atoms with van der Waals surface area (Å²) in [6.07, 6.45) is 1.57. The lowest BCUT2D eigenvalue weighted by molar-refractivity contribution is -0.123. The number of benzene rings is 1. The molecule has 5 nitrogen and oxygen atoms in total. The second-order valence-electron chi connectivity index (χ2n) is 4.88. The summed E-state index contributed by atoms with van der Waals surface area (Å²) in [7, 11) is 0. The maximum absolute atomic E-state index is 11.8. The van der Waals surface area contributed by atoms with E-state index in [9.17, 15) is 4.79 Å². The molecule has 21 heavy (non-hydrogen) atoms. The third-order valence-corrected chi connectivity index (χ3v) is 3.14. The Bertz CT molecular complexity index is 425. The molecule has 0 aliphatic carbocycles. The number of hydrogen-bond donors (Lipinski definition) is 2. The summed E-state index contributed by atoms with van der Waals surface area (Å²) in [6, 6.07) is 5.83. The molecule has 0 aliphatic heterocycles. The number of hydrogen-bond acceptors (Lipinski definition) is 4. The summed E-state index contributed by atoms with van der Waals surface area (Å²) in [5.41, 5.74) is 6.58. The zero-order valence-corrected chi connectivity index (χ0v) is 13.1. The minimum absolute atomic E-state index is 0.0218. The zero-order chi connectivity index (χ0) is 15.7. The highest BCUT2D eigenvalue weighted by Crippen LogP contribution is 2.31. The van der Waals surface area contributed by atoms with Crippen LogP contribution in [0.4, 0.5) is 0 Å². The average molecular weight is 294 g/mol.